The van der Waals surface area contributed by atoms with Gasteiger partial charge in [-0.15, -0.1) is 0 Å². The van der Waals surface area contributed by atoms with Crippen molar-refractivity contribution in [2.45, 2.75) is 18.9 Å². The number of aromatic nitrogens is 1. The molecule has 2 rings (SSSR count). The molecule has 0 bridgehead atoms. The van der Waals surface area contributed by atoms with Crippen LogP contribution in [0.5, 0.6) is 5.88 Å². The number of nitrogens with zero attached hydrogens (tertiary/aromatic N) is 1. The second kappa shape index (κ2) is 4.23. The third kappa shape index (κ3) is 2.42. The molecule has 1 aromatic rings. The Balaban J connectivity index is 1.79. The van der Waals surface area contributed by atoms with Gasteiger partial charge in [0, 0.05) is 18.3 Å². The predicted molar refractivity (Wildman–Crippen MR) is 50.8 cm³/mol. The van der Waals surface area contributed by atoms with Gasteiger partial charge in [-0.3, -0.25) is 0 Å². The molecule has 0 spiro atoms. The lowest BCUT2D eigenvalue weighted by Crippen LogP contribution is -2.28. The van der Waals surface area contributed by atoms with E-state index in [1.54, 1.807) is 6.20 Å². The largest absolute Gasteiger partial charge is 0.476 e. The van der Waals surface area contributed by atoms with Crippen LogP contribution in [0.15, 0.2) is 24.4 Å². The van der Waals surface area contributed by atoms with Crippen molar-refractivity contribution >= 4 is 0 Å². The van der Waals surface area contributed by atoms with Gasteiger partial charge in [-0.2, -0.15) is 0 Å². The fraction of sp³-hybridized carbons (Fsp3) is 0.500. The normalized spacial score (nSPS) is 21.7. The quantitative estimate of drug-likeness (QED) is 0.755. The number of rotatable bonds is 3. The summed E-state index contributed by atoms with van der Waals surface area (Å²) in [4.78, 5) is 4.09. The van der Waals surface area contributed by atoms with Gasteiger partial charge in [-0.1, -0.05) is 6.07 Å². The molecule has 0 radical (unpaired) electrons. The Hall–Kier alpha value is -1.09. The van der Waals surface area contributed by atoms with Crippen molar-refractivity contribution in [3.8, 4) is 5.88 Å². The highest BCUT2D eigenvalue weighted by atomic mass is 16.5. The highest BCUT2D eigenvalue weighted by Gasteiger charge is 2.14. The van der Waals surface area contributed by atoms with E-state index in [0.717, 1.165) is 19.0 Å². The average Bonchev–Trinajstić information content (AvgIpc) is 2.69. The van der Waals surface area contributed by atoms with Crippen molar-refractivity contribution < 1.29 is 4.74 Å². The van der Waals surface area contributed by atoms with Crippen LogP contribution in [0.3, 0.4) is 0 Å². The molecule has 0 unspecified atom stereocenters. The van der Waals surface area contributed by atoms with Crippen molar-refractivity contribution in [3.05, 3.63) is 24.4 Å². The summed E-state index contributed by atoms with van der Waals surface area (Å²) >= 11 is 0. The van der Waals surface area contributed by atoms with Gasteiger partial charge in [0.15, 0.2) is 0 Å². The Morgan fingerprint density at radius 2 is 2.54 bits per heavy atom. The highest BCUT2D eigenvalue weighted by molar-refractivity contribution is 5.09. The molecular weight excluding hydrogens is 164 g/mol. The van der Waals surface area contributed by atoms with E-state index in [2.05, 4.69) is 10.3 Å². The average molecular weight is 178 g/mol. The van der Waals surface area contributed by atoms with Crippen LogP contribution in [-0.2, 0) is 0 Å². The maximum Gasteiger partial charge on any atom is 0.213 e. The predicted octanol–water partition coefficient (Wildman–Crippen LogP) is 1.21. The van der Waals surface area contributed by atoms with Gasteiger partial charge in [0.2, 0.25) is 5.88 Å². The standard InChI is InChI=1S/C10H14N2O/c1-2-6-12-10(5-1)13-8-9-4-3-7-11-9/h1-2,5-6,9,11H,3-4,7-8H2/t9-/m1/s1. The monoisotopic (exact) mass is 178 g/mol. The van der Waals surface area contributed by atoms with Gasteiger partial charge in [0.05, 0.1) is 0 Å². The smallest absolute Gasteiger partial charge is 0.213 e. The molecule has 1 fully saturated rings. The lowest BCUT2D eigenvalue weighted by Gasteiger charge is -2.10. The maximum absolute atomic E-state index is 5.52. The van der Waals surface area contributed by atoms with Gasteiger partial charge in [0.1, 0.15) is 6.61 Å². The lowest BCUT2D eigenvalue weighted by molar-refractivity contribution is 0.267. The molecule has 0 aliphatic carbocycles. The first-order chi connectivity index (χ1) is 6.45. The Labute approximate surface area is 78.1 Å². The third-order valence-electron chi connectivity index (χ3n) is 2.23. The zero-order valence-corrected chi connectivity index (χ0v) is 7.57. The van der Waals surface area contributed by atoms with E-state index >= 15 is 0 Å². The van der Waals surface area contributed by atoms with Crippen LogP contribution >= 0.6 is 0 Å². The minimum absolute atomic E-state index is 0.516. The van der Waals surface area contributed by atoms with E-state index < -0.39 is 0 Å². The Kier molecular flexibility index (Phi) is 2.77. The summed E-state index contributed by atoms with van der Waals surface area (Å²) in [6, 6.07) is 6.22. The van der Waals surface area contributed by atoms with Gasteiger partial charge in [-0.05, 0) is 25.5 Å². The molecule has 1 aliphatic heterocycles. The van der Waals surface area contributed by atoms with E-state index in [-0.39, 0.29) is 0 Å². The second-order valence-corrected chi connectivity index (χ2v) is 3.27. The Morgan fingerprint density at radius 1 is 1.54 bits per heavy atom. The lowest BCUT2D eigenvalue weighted by atomic mass is 10.2. The molecule has 1 N–H and O–H groups in total. The van der Waals surface area contributed by atoms with Crippen LogP contribution in [0.4, 0.5) is 0 Å². The number of pyridine rings is 1. The van der Waals surface area contributed by atoms with Crippen molar-refractivity contribution in [2.24, 2.45) is 0 Å². The fourth-order valence-electron chi connectivity index (χ4n) is 1.52. The summed E-state index contributed by atoms with van der Waals surface area (Å²) in [5.74, 6) is 0.719. The number of ether oxygens (including phenoxy) is 1. The van der Waals surface area contributed by atoms with Crippen molar-refractivity contribution in [1.29, 1.82) is 0 Å². The zero-order valence-electron chi connectivity index (χ0n) is 7.57. The van der Waals surface area contributed by atoms with Gasteiger partial charge in [-0.25, -0.2) is 4.98 Å². The van der Waals surface area contributed by atoms with Crippen molar-refractivity contribution in [1.82, 2.24) is 10.3 Å². The highest BCUT2D eigenvalue weighted by Crippen LogP contribution is 2.08. The van der Waals surface area contributed by atoms with E-state index in [0.29, 0.717) is 6.04 Å². The summed E-state index contributed by atoms with van der Waals surface area (Å²) in [6.07, 6.45) is 4.22. The summed E-state index contributed by atoms with van der Waals surface area (Å²) in [6.45, 7) is 1.85. The van der Waals surface area contributed by atoms with Gasteiger partial charge >= 0.3 is 0 Å². The molecule has 13 heavy (non-hydrogen) atoms. The van der Waals surface area contributed by atoms with E-state index in [1.807, 2.05) is 18.2 Å². The molecule has 0 aromatic carbocycles. The van der Waals surface area contributed by atoms with Gasteiger partial charge in [0.25, 0.3) is 0 Å². The first-order valence-corrected chi connectivity index (χ1v) is 4.72. The maximum atomic E-state index is 5.52. The minimum Gasteiger partial charge on any atom is -0.476 e. The van der Waals surface area contributed by atoms with Crippen LogP contribution in [0.2, 0.25) is 0 Å². The van der Waals surface area contributed by atoms with Crippen molar-refractivity contribution in [2.75, 3.05) is 13.2 Å². The molecule has 3 nitrogen and oxygen atoms in total. The van der Waals surface area contributed by atoms with Gasteiger partial charge < -0.3 is 10.1 Å². The summed E-state index contributed by atoms with van der Waals surface area (Å²) in [5, 5.41) is 3.37. The minimum atomic E-state index is 0.516. The zero-order chi connectivity index (χ0) is 8.93. The molecule has 1 aromatic heterocycles. The van der Waals surface area contributed by atoms with E-state index in [9.17, 15) is 0 Å². The van der Waals surface area contributed by atoms with Crippen LogP contribution in [0.1, 0.15) is 12.8 Å². The molecule has 1 saturated heterocycles. The number of hydrogen-bond acceptors (Lipinski definition) is 3. The SMILES string of the molecule is c1ccc(OC[C@H]2CCCN2)nc1. The molecule has 3 heteroatoms. The third-order valence-corrected chi connectivity index (χ3v) is 2.23. The summed E-state index contributed by atoms with van der Waals surface area (Å²) in [5.41, 5.74) is 0. The molecule has 1 aliphatic rings. The number of hydrogen-bond donors (Lipinski definition) is 1. The second-order valence-electron chi connectivity index (χ2n) is 3.27. The van der Waals surface area contributed by atoms with Crippen LogP contribution in [0, 0.1) is 0 Å². The fourth-order valence-corrected chi connectivity index (χ4v) is 1.52. The van der Waals surface area contributed by atoms with E-state index in [4.69, 9.17) is 4.74 Å². The summed E-state index contributed by atoms with van der Waals surface area (Å²) in [7, 11) is 0. The molecule has 0 amide bonds. The Morgan fingerprint density at radius 3 is 3.23 bits per heavy atom. The Bertz CT molecular complexity index is 244. The molecule has 0 saturated carbocycles. The molecule has 70 valence electrons. The van der Waals surface area contributed by atoms with E-state index in [1.165, 1.54) is 12.8 Å². The number of nitrogens with one attached hydrogen (secondary N) is 1. The van der Waals surface area contributed by atoms with Crippen LogP contribution in [0.25, 0.3) is 0 Å². The summed E-state index contributed by atoms with van der Waals surface area (Å²) < 4.78 is 5.52. The molecule has 2 heterocycles. The first-order valence-electron chi connectivity index (χ1n) is 4.72. The molecule has 1 atom stereocenters. The van der Waals surface area contributed by atoms with Crippen molar-refractivity contribution in [3.63, 3.8) is 0 Å². The first kappa shape index (κ1) is 8.51. The topological polar surface area (TPSA) is 34.1 Å². The van der Waals surface area contributed by atoms with Crippen LogP contribution < -0.4 is 10.1 Å². The van der Waals surface area contributed by atoms with Crippen LogP contribution in [-0.4, -0.2) is 24.2 Å². The molecular formula is C10H14N2O.